The van der Waals surface area contributed by atoms with E-state index in [4.69, 9.17) is 4.74 Å². The highest BCUT2D eigenvalue weighted by atomic mass is 16.6. The summed E-state index contributed by atoms with van der Waals surface area (Å²) in [4.78, 5) is 23.6. The van der Waals surface area contributed by atoms with Crippen molar-refractivity contribution in [3.63, 3.8) is 0 Å². The number of carbonyl (C=O) groups is 2. The van der Waals surface area contributed by atoms with Crippen molar-refractivity contribution in [3.05, 3.63) is 0 Å². The summed E-state index contributed by atoms with van der Waals surface area (Å²) in [6.07, 6.45) is 24.2. The minimum atomic E-state index is -0.926. The van der Waals surface area contributed by atoms with E-state index in [1.54, 1.807) is 0 Å². The fraction of sp³-hybridized carbons (Fsp3) is 0.920. The van der Waals surface area contributed by atoms with E-state index in [1.165, 1.54) is 83.5 Å². The van der Waals surface area contributed by atoms with Gasteiger partial charge in [-0.25, -0.2) is 9.86 Å². The zero-order valence-electron chi connectivity index (χ0n) is 19.5. The van der Waals surface area contributed by atoms with Crippen molar-refractivity contribution in [2.75, 3.05) is 6.61 Å². The van der Waals surface area contributed by atoms with Crippen molar-refractivity contribution >= 4 is 11.9 Å². The predicted molar refractivity (Wildman–Crippen MR) is 121 cm³/mol. The van der Waals surface area contributed by atoms with Crippen molar-refractivity contribution in [2.45, 2.75) is 141 Å². The Kier molecular flexibility index (Phi) is 16.7. The molecule has 0 atom stereocenters. The van der Waals surface area contributed by atoms with Crippen LogP contribution in [0.5, 0.6) is 0 Å². The summed E-state index contributed by atoms with van der Waals surface area (Å²) in [5.41, 5.74) is 0. The number of amides is 1. The summed E-state index contributed by atoms with van der Waals surface area (Å²) in [5, 5.41) is 10.4. The lowest BCUT2D eigenvalue weighted by Crippen LogP contribution is -2.41. The fourth-order valence-electron chi connectivity index (χ4n) is 4.28. The Labute approximate surface area is 184 Å². The maximum Gasteiger partial charge on any atom is 0.399 e. The Hall–Kier alpha value is -1.10. The molecule has 0 aromatic carbocycles. The van der Waals surface area contributed by atoms with Crippen LogP contribution in [0.4, 0.5) is 0 Å². The maximum atomic E-state index is 11.8. The van der Waals surface area contributed by atoms with Crippen molar-refractivity contribution < 1.29 is 19.5 Å². The van der Waals surface area contributed by atoms with Crippen LogP contribution in [0.2, 0.25) is 0 Å². The number of nitrogens with zero attached hydrogens (tertiary/aromatic N) is 1. The van der Waals surface area contributed by atoms with Gasteiger partial charge in [-0.1, -0.05) is 116 Å². The lowest BCUT2D eigenvalue weighted by molar-refractivity contribution is -0.187. The Morgan fingerprint density at radius 1 is 0.733 bits per heavy atom. The van der Waals surface area contributed by atoms with Gasteiger partial charge in [0.1, 0.15) is 0 Å². The van der Waals surface area contributed by atoms with Gasteiger partial charge in [0.15, 0.2) is 0 Å². The van der Waals surface area contributed by atoms with E-state index < -0.39 is 11.9 Å². The van der Waals surface area contributed by atoms with Gasteiger partial charge in [0.25, 0.3) is 0 Å². The van der Waals surface area contributed by atoms with Gasteiger partial charge in [-0.15, -0.1) is 0 Å². The van der Waals surface area contributed by atoms with Crippen molar-refractivity contribution in [3.8, 4) is 0 Å². The molecule has 0 unspecified atom stereocenters. The van der Waals surface area contributed by atoms with Gasteiger partial charge >= 0.3 is 11.9 Å². The topological polar surface area (TPSA) is 66.8 Å². The summed E-state index contributed by atoms with van der Waals surface area (Å²) in [6, 6.07) is -0.222. The zero-order chi connectivity index (χ0) is 21.9. The molecule has 0 aliphatic heterocycles. The molecule has 1 N–H and O–H groups in total. The molecule has 176 valence electrons. The molecule has 0 saturated heterocycles. The number of hydrogen-bond acceptors (Lipinski definition) is 4. The van der Waals surface area contributed by atoms with Gasteiger partial charge in [-0.05, 0) is 19.3 Å². The number of carbonyl (C=O) groups excluding carboxylic acids is 2. The molecule has 0 radical (unpaired) electrons. The quantitative estimate of drug-likeness (QED) is 0.0848. The highest BCUT2D eigenvalue weighted by molar-refractivity contribution is 6.32. The van der Waals surface area contributed by atoms with Gasteiger partial charge < -0.3 is 4.74 Å². The van der Waals surface area contributed by atoms with Crippen LogP contribution >= 0.6 is 0 Å². The van der Waals surface area contributed by atoms with Crippen molar-refractivity contribution in [1.29, 1.82) is 0 Å². The first-order valence-corrected chi connectivity index (χ1v) is 12.9. The first-order valence-electron chi connectivity index (χ1n) is 12.9. The smallest absolute Gasteiger partial charge is 0.399 e. The van der Waals surface area contributed by atoms with E-state index in [9.17, 15) is 14.8 Å². The van der Waals surface area contributed by atoms with E-state index in [0.29, 0.717) is 5.06 Å². The van der Waals surface area contributed by atoms with E-state index in [2.05, 4.69) is 6.92 Å². The van der Waals surface area contributed by atoms with E-state index in [1.807, 2.05) is 0 Å². The number of rotatable bonds is 18. The van der Waals surface area contributed by atoms with Gasteiger partial charge in [-0.3, -0.25) is 10.0 Å². The molecular weight excluding hydrogens is 378 g/mol. The molecule has 1 aliphatic rings. The Balaban J connectivity index is 1.81. The monoisotopic (exact) mass is 425 g/mol. The molecule has 0 aromatic heterocycles. The standard InChI is InChI=1S/C25H47NO4/c1-2-3-4-5-6-7-8-9-10-11-12-13-14-15-16-19-22-30-25(28)24(27)26(29)23-20-17-18-21-23/h23,29H,2-22H2,1H3. The van der Waals surface area contributed by atoms with Crippen LogP contribution < -0.4 is 0 Å². The minimum Gasteiger partial charge on any atom is -0.458 e. The average molecular weight is 426 g/mol. The predicted octanol–water partition coefficient (Wildman–Crippen LogP) is 6.95. The summed E-state index contributed by atoms with van der Waals surface area (Å²) >= 11 is 0. The second-order valence-electron chi connectivity index (χ2n) is 9.03. The molecule has 1 fully saturated rings. The number of hydroxylamine groups is 2. The third-order valence-electron chi connectivity index (χ3n) is 6.28. The molecule has 5 heteroatoms. The van der Waals surface area contributed by atoms with Crippen LogP contribution in [-0.2, 0) is 14.3 Å². The largest absolute Gasteiger partial charge is 0.458 e. The molecule has 30 heavy (non-hydrogen) atoms. The lowest BCUT2D eigenvalue weighted by Gasteiger charge is -2.20. The van der Waals surface area contributed by atoms with Gasteiger partial charge in [0.2, 0.25) is 0 Å². The number of ether oxygens (including phenoxy) is 1. The van der Waals surface area contributed by atoms with E-state index in [-0.39, 0.29) is 12.6 Å². The second-order valence-corrected chi connectivity index (χ2v) is 9.03. The molecule has 0 aromatic rings. The SMILES string of the molecule is CCCCCCCCCCCCCCCCCCOC(=O)C(=O)N(O)C1CCCC1. The molecule has 0 spiro atoms. The van der Waals surface area contributed by atoms with Gasteiger partial charge in [-0.2, -0.15) is 0 Å². The highest BCUT2D eigenvalue weighted by Crippen LogP contribution is 2.22. The van der Waals surface area contributed by atoms with Crippen LogP contribution in [0, 0.1) is 0 Å². The Morgan fingerprint density at radius 3 is 1.57 bits per heavy atom. The highest BCUT2D eigenvalue weighted by Gasteiger charge is 2.30. The van der Waals surface area contributed by atoms with Gasteiger partial charge in [0.05, 0.1) is 12.6 Å². The molecule has 0 heterocycles. The molecule has 1 aliphatic carbocycles. The normalized spacial score (nSPS) is 14.2. The van der Waals surface area contributed by atoms with Crippen LogP contribution in [0.15, 0.2) is 0 Å². The molecule has 1 rings (SSSR count). The van der Waals surface area contributed by atoms with Crippen LogP contribution in [0.3, 0.4) is 0 Å². The third kappa shape index (κ3) is 13.3. The second kappa shape index (κ2) is 18.7. The first kappa shape index (κ1) is 26.9. The minimum absolute atomic E-state index is 0.222. The number of hydrogen-bond donors (Lipinski definition) is 1. The number of unbranched alkanes of at least 4 members (excludes halogenated alkanes) is 15. The number of esters is 1. The van der Waals surface area contributed by atoms with Crippen LogP contribution in [-0.4, -0.2) is 34.8 Å². The Bertz CT molecular complexity index is 435. The van der Waals surface area contributed by atoms with Crippen LogP contribution in [0.1, 0.15) is 135 Å². The molecule has 1 amide bonds. The summed E-state index contributed by atoms with van der Waals surface area (Å²) in [7, 11) is 0. The van der Waals surface area contributed by atoms with Crippen molar-refractivity contribution in [2.24, 2.45) is 0 Å². The van der Waals surface area contributed by atoms with Crippen LogP contribution in [0.25, 0.3) is 0 Å². The molecule has 0 bridgehead atoms. The molecule has 5 nitrogen and oxygen atoms in total. The Morgan fingerprint density at radius 2 is 1.13 bits per heavy atom. The zero-order valence-corrected chi connectivity index (χ0v) is 19.5. The molecule has 1 saturated carbocycles. The van der Waals surface area contributed by atoms with E-state index >= 15 is 0 Å². The van der Waals surface area contributed by atoms with Crippen molar-refractivity contribution in [1.82, 2.24) is 5.06 Å². The summed E-state index contributed by atoms with van der Waals surface area (Å²) < 4.78 is 5.01. The lowest BCUT2D eigenvalue weighted by atomic mass is 10.0. The molecular formula is C25H47NO4. The first-order chi connectivity index (χ1) is 14.7. The third-order valence-corrected chi connectivity index (χ3v) is 6.28. The average Bonchev–Trinajstić information content (AvgIpc) is 3.29. The fourth-order valence-corrected chi connectivity index (χ4v) is 4.28. The summed E-state index contributed by atoms with van der Waals surface area (Å²) in [5.74, 6) is -1.84. The maximum absolute atomic E-state index is 11.8. The van der Waals surface area contributed by atoms with E-state index in [0.717, 1.165) is 44.9 Å². The summed E-state index contributed by atoms with van der Waals surface area (Å²) in [6.45, 7) is 2.53. The van der Waals surface area contributed by atoms with Gasteiger partial charge in [0, 0.05) is 0 Å².